The Labute approximate surface area is 124 Å². The smallest absolute Gasteiger partial charge is 0.261 e. The molecule has 2 aliphatic rings. The first kappa shape index (κ1) is 14.1. The van der Waals surface area contributed by atoms with Crippen LogP contribution in [0, 0.1) is 11.3 Å². The Morgan fingerprint density at radius 3 is 3.00 bits per heavy atom. The van der Waals surface area contributed by atoms with Crippen LogP contribution in [-0.4, -0.2) is 24.2 Å². The van der Waals surface area contributed by atoms with Gasteiger partial charge in [-0.25, -0.2) is 0 Å². The first-order chi connectivity index (χ1) is 9.65. The van der Waals surface area contributed by atoms with E-state index in [1.54, 1.807) is 11.3 Å². The maximum Gasteiger partial charge on any atom is 0.261 e. The Bertz CT molecular complexity index is 505. The zero-order valence-corrected chi connectivity index (χ0v) is 12.9. The third-order valence-electron chi connectivity index (χ3n) is 4.90. The van der Waals surface area contributed by atoms with Gasteiger partial charge in [-0.2, -0.15) is 0 Å². The summed E-state index contributed by atoms with van der Waals surface area (Å²) in [6, 6.07) is 2.09. The summed E-state index contributed by atoms with van der Waals surface area (Å²) in [5.74, 6) is 0.828. The molecule has 0 radical (unpaired) electrons. The normalized spacial score (nSPS) is 23.2. The Balaban J connectivity index is 1.63. The van der Waals surface area contributed by atoms with Crippen LogP contribution >= 0.6 is 11.3 Å². The number of amides is 1. The molecule has 0 aliphatic heterocycles. The second-order valence-corrected chi connectivity index (χ2v) is 7.55. The van der Waals surface area contributed by atoms with Gasteiger partial charge >= 0.3 is 0 Å². The molecule has 1 aromatic rings. The lowest BCUT2D eigenvalue weighted by Crippen LogP contribution is -2.31. The first-order valence-electron chi connectivity index (χ1n) is 7.66. The van der Waals surface area contributed by atoms with Crippen LogP contribution in [0.1, 0.15) is 52.7 Å². The molecule has 0 bridgehead atoms. The van der Waals surface area contributed by atoms with Gasteiger partial charge in [0.25, 0.3) is 5.91 Å². The Morgan fingerprint density at radius 1 is 1.55 bits per heavy atom. The van der Waals surface area contributed by atoms with Crippen molar-refractivity contribution in [2.45, 2.75) is 45.4 Å². The lowest BCUT2D eigenvalue weighted by atomic mass is 9.87. The molecule has 1 fully saturated rings. The van der Waals surface area contributed by atoms with E-state index in [9.17, 15) is 9.90 Å². The number of rotatable bonds is 5. The fraction of sp³-hybridized carbons (Fsp3) is 0.688. The van der Waals surface area contributed by atoms with E-state index in [1.165, 1.54) is 23.3 Å². The summed E-state index contributed by atoms with van der Waals surface area (Å²) >= 11 is 1.66. The number of aliphatic hydroxyl groups is 1. The number of nitrogens with one attached hydrogen (secondary N) is 1. The van der Waals surface area contributed by atoms with Gasteiger partial charge in [0.15, 0.2) is 0 Å². The van der Waals surface area contributed by atoms with Crippen molar-refractivity contribution in [1.82, 2.24) is 5.32 Å². The third-order valence-corrected chi connectivity index (χ3v) is 6.14. The molecule has 4 heteroatoms. The summed E-state index contributed by atoms with van der Waals surface area (Å²) in [6.07, 6.45) is 6.82. The van der Waals surface area contributed by atoms with Crippen LogP contribution in [0.25, 0.3) is 0 Å². The van der Waals surface area contributed by atoms with Gasteiger partial charge in [0.1, 0.15) is 0 Å². The maximum absolute atomic E-state index is 12.2. The van der Waals surface area contributed by atoms with E-state index >= 15 is 0 Å². The molecule has 110 valence electrons. The molecule has 2 N–H and O–H groups in total. The first-order valence-corrected chi connectivity index (χ1v) is 8.48. The van der Waals surface area contributed by atoms with Crippen molar-refractivity contribution in [2.24, 2.45) is 11.3 Å². The molecule has 1 amide bonds. The Hall–Kier alpha value is -0.870. The third kappa shape index (κ3) is 2.77. The van der Waals surface area contributed by atoms with Gasteiger partial charge in [0.2, 0.25) is 0 Å². The van der Waals surface area contributed by atoms with E-state index in [2.05, 4.69) is 18.3 Å². The summed E-state index contributed by atoms with van der Waals surface area (Å²) in [4.78, 5) is 14.5. The van der Waals surface area contributed by atoms with Crippen molar-refractivity contribution >= 4 is 17.2 Å². The average Bonchev–Trinajstić information content (AvgIpc) is 3.14. The predicted molar refractivity (Wildman–Crippen MR) is 81.2 cm³/mol. The number of hydrogen-bond donors (Lipinski definition) is 2. The van der Waals surface area contributed by atoms with Crippen LogP contribution < -0.4 is 5.32 Å². The van der Waals surface area contributed by atoms with Crippen molar-refractivity contribution in [3.63, 3.8) is 0 Å². The van der Waals surface area contributed by atoms with Crippen LogP contribution in [0.3, 0.4) is 0 Å². The van der Waals surface area contributed by atoms with Crippen LogP contribution in [-0.2, 0) is 12.8 Å². The number of hydrogen-bond acceptors (Lipinski definition) is 3. The zero-order chi connectivity index (χ0) is 14.2. The quantitative estimate of drug-likeness (QED) is 0.877. The Morgan fingerprint density at radius 2 is 2.35 bits per heavy atom. The molecule has 1 heterocycles. The highest BCUT2D eigenvalue weighted by atomic mass is 32.1. The minimum Gasteiger partial charge on any atom is -0.396 e. The van der Waals surface area contributed by atoms with Crippen molar-refractivity contribution in [2.75, 3.05) is 13.2 Å². The van der Waals surface area contributed by atoms with E-state index in [-0.39, 0.29) is 17.9 Å². The van der Waals surface area contributed by atoms with Crippen molar-refractivity contribution in [1.29, 1.82) is 0 Å². The van der Waals surface area contributed by atoms with E-state index < -0.39 is 0 Å². The zero-order valence-electron chi connectivity index (χ0n) is 12.1. The number of aryl methyl sites for hydroxylation is 1. The second kappa shape index (κ2) is 5.49. The van der Waals surface area contributed by atoms with Crippen LogP contribution in [0.5, 0.6) is 0 Å². The second-order valence-electron chi connectivity index (χ2n) is 6.42. The molecule has 1 saturated carbocycles. The minimum atomic E-state index is -0.0140. The average molecular weight is 293 g/mol. The van der Waals surface area contributed by atoms with Gasteiger partial charge in [0, 0.05) is 16.8 Å². The van der Waals surface area contributed by atoms with E-state index in [1.807, 2.05) is 0 Å². The predicted octanol–water partition coefficient (Wildman–Crippen LogP) is 2.77. The van der Waals surface area contributed by atoms with Crippen molar-refractivity contribution < 1.29 is 9.90 Å². The van der Waals surface area contributed by atoms with Crippen LogP contribution in [0.2, 0.25) is 0 Å². The number of fused-ring (bicyclic) bond motifs is 1. The van der Waals surface area contributed by atoms with E-state index in [4.69, 9.17) is 0 Å². The van der Waals surface area contributed by atoms with Gasteiger partial charge in [-0.1, -0.05) is 13.3 Å². The SMILES string of the molecule is CCC1CCc2sc(C(=O)NCC3(CO)CC3)cc2C1. The van der Waals surface area contributed by atoms with E-state index in [0.717, 1.165) is 36.5 Å². The number of aliphatic hydroxyl groups excluding tert-OH is 1. The summed E-state index contributed by atoms with van der Waals surface area (Å²) in [5, 5.41) is 12.3. The monoisotopic (exact) mass is 293 g/mol. The topological polar surface area (TPSA) is 49.3 Å². The van der Waals surface area contributed by atoms with Gasteiger partial charge < -0.3 is 10.4 Å². The van der Waals surface area contributed by atoms with E-state index in [0.29, 0.717) is 6.54 Å². The summed E-state index contributed by atoms with van der Waals surface area (Å²) in [5.41, 5.74) is 1.38. The molecule has 0 saturated heterocycles. The summed E-state index contributed by atoms with van der Waals surface area (Å²) in [7, 11) is 0. The molecule has 0 aromatic carbocycles. The molecule has 3 rings (SSSR count). The lowest BCUT2D eigenvalue weighted by molar-refractivity contribution is 0.0939. The fourth-order valence-electron chi connectivity index (χ4n) is 2.98. The molecular formula is C16H23NO2S. The summed E-state index contributed by atoms with van der Waals surface area (Å²) in [6.45, 7) is 3.05. The van der Waals surface area contributed by atoms with Crippen molar-refractivity contribution in [3.8, 4) is 0 Å². The largest absolute Gasteiger partial charge is 0.396 e. The van der Waals surface area contributed by atoms with Gasteiger partial charge in [0.05, 0.1) is 11.5 Å². The molecule has 3 nitrogen and oxygen atoms in total. The maximum atomic E-state index is 12.2. The molecule has 1 atom stereocenters. The number of carbonyl (C=O) groups is 1. The minimum absolute atomic E-state index is 0.0140. The highest BCUT2D eigenvalue weighted by molar-refractivity contribution is 7.14. The van der Waals surface area contributed by atoms with Crippen molar-refractivity contribution in [3.05, 3.63) is 21.4 Å². The molecule has 1 aromatic heterocycles. The van der Waals surface area contributed by atoms with Crippen LogP contribution in [0.4, 0.5) is 0 Å². The summed E-state index contributed by atoms with van der Waals surface area (Å²) < 4.78 is 0. The molecule has 2 aliphatic carbocycles. The number of thiophene rings is 1. The molecular weight excluding hydrogens is 270 g/mol. The van der Waals surface area contributed by atoms with Gasteiger partial charge in [-0.05, 0) is 49.7 Å². The lowest BCUT2D eigenvalue weighted by Gasteiger charge is -2.19. The van der Waals surface area contributed by atoms with Gasteiger partial charge in [-0.3, -0.25) is 4.79 Å². The highest BCUT2D eigenvalue weighted by Gasteiger charge is 2.42. The van der Waals surface area contributed by atoms with Crippen LogP contribution in [0.15, 0.2) is 6.07 Å². The highest BCUT2D eigenvalue weighted by Crippen LogP contribution is 2.44. The molecule has 0 spiro atoms. The van der Waals surface area contributed by atoms with Gasteiger partial charge in [-0.15, -0.1) is 11.3 Å². The number of carbonyl (C=O) groups excluding carboxylic acids is 1. The molecule has 1 unspecified atom stereocenters. The molecule has 20 heavy (non-hydrogen) atoms. The standard InChI is InChI=1S/C16H23NO2S/c1-2-11-3-4-13-12(7-11)8-14(20-13)15(19)17-9-16(10-18)5-6-16/h8,11,18H,2-7,9-10H2,1H3,(H,17,19). The Kier molecular flexibility index (Phi) is 3.87. The fourth-order valence-corrected chi connectivity index (χ4v) is 4.11.